The molecule has 0 aliphatic rings. The fraction of sp³-hybridized carbons (Fsp3) is 0.400. The third-order valence-corrected chi connectivity index (χ3v) is 1.91. The molecule has 1 heterocycles. The first kappa shape index (κ1) is 11.9. The molecule has 1 rings (SSSR count). The quantitative estimate of drug-likeness (QED) is 0.425. The molecule has 0 atom stereocenters. The van der Waals surface area contributed by atoms with E-state index in [1.807, 2.05) is 7.05 Å². The van der Waals surface area contributed by atoms with Gasteiger partial charge in [-0.05, 0) is 0 Å². The first-order valence-corrected chi connectivity index (χ1v) is 3.08. The van der Waals surface area contributed by atoms with Gasteiger partial charge in [-0.25, -0.2) is 0 Å². The van der Waals surface area contributed by atoms with Gasteiger partial charge in [-0.3, -0.25) is 0 Å². The lowest BCUT2D eigenvalue weighted by Gasteiger charge is -1.74. The fourth-order valence-corrected chi connectivity index (χ4v) is 1.08. The Balaban J connectivity index is 0. The van der Waals surface area contributed by atoms with E-state index in [1.54, 1.807) is 11.3 Å². The van der Waals surface area contributed by atoms with E-state index in [2.05, 4.69) is 23.1 Å². The number of aromatic nitrogens is 1. The molecule has 1 aromatic rings. The van der Waals surface area contributed by atoms with Crippen LogP contribution in [0.15, 0.2) is 11.6 Å². The molecule has 0 radical (unpaired) electrons. The lowest BCUT2D eigenvalue weighted by molar-refractivity contribution is -0.672. The van der Waals surface area contributed by atoms with Crippen LogP contribution in [0.2, 0.25) is 0 Å². The molecule has 0 unspecified atom stereocenters. The van der Waals surface area contributed by atoms with Crippen molar-refractivity contribution in [2.75, 3.05) is 0 Å². The van der Waals surface area contributed by atoms with Crippen molar-refractivity contribution in [2.24, 2.45) is 7.05 Å². The van der Waals surface area contributed by atoms with Gasteiger partial charge in [-0.2, -0.15) is 4.57 Å². The van der Waals surface area contributed by atoms with E-state index in [0.717, 1.165) is 0 Å². The van der Waals surface area contributed by atoms with E-state index in [0.29, 0.717) is 0 Å². The predicted molar refractivity (Wildman–Crippen MR) is 37.5 cm³/mol. The van der Waals surface area contributed by atoms with E-state index in [1.165, 1.54) is 5.01 Å². The molecule has 54 valence electrons. The summed E-state index contributed by atoms with van der Waals surface area (Å²) in [4.78, 5) is 0. The zero-order chi connectivity index (χ0) is 5.28. The lowest BCUT2D eigenvalue weighted by atomic mass is 10.8. The maximum Gasteiger partial charge on any atom is 0.233 e. The molecule has 1 nitrogen and oxygen atoms in total. The largest absolute Gasteiger partial charge is 1.00 e. The summed E-state index contributed by atoms with van der Waals surface area (Å²) in [5.74, 6) is 0. The van der Waals surface area contributed by atoms with Crippen LogP contribution in [-0.2, 0) is 7.05 Å². The highest BCUT2D eigenvalue weighted by Gasteiger charge is 1.95. The number of aryl methyl sites for hydroxylation is 2. The molecule has 0 aliphatic carbocycles. The second-order valence-corrected chi connectivity index (χ2v) is 2.63. The third-order valence-electron chi connectivity index (χ3n) is 1.02. The van der Waals surface area contributed by atoms with Gasteiger partial charge in [0.15, 0.2) is 6.20 Å². The van der Waals surface area contributed by atoms with E-state index in [9.17, 15) is 0 Å². The van der Waals surface area contributed by atoms with Gasteiger partial charge in [-0.1, -0.05) is 11.3 Å². The number of halogens is 2. The van der Waals surface area contributed by atoms with Crippen LogP contribution in [-0.4, -0.2) is 0 Å². The molecule has 0 saturated carbocycles. The van der Waals surface area contributed by atoms with Gasteiger partial charge in [0.2, 0.25) is 5.01 Å². The summed E-state index contributed by atoms with van der Waals surface area (Å²) in [7, 11) is 2.05. The Kier molecular flexibility index (Phi) is 6.68. The zero-order valence-corrected chi connectivity index (χ0v) is 7.69. The maximum atomic E-state index is 2.10. The van der Waals surface area contributed by atoms with E-state index in [-0.39, 0.29) is 24.8 Å². The van der Waals surface area contributed by atoms with Crippen LogP contribution in [0, 0.1) is 6.92 Å². The SMILES string of the molecule is Cc1scc[n+]1C.Cl.[Cl-]. The molecule has 9 heavy (non-hydrogen) atoms. The van der Waals surface area contributed by atoms with Gasteiger partial charge in [0.1, 0.15) is 7.05 Å². The van der Waals surface area contributed by atoms with Crippen LogP contribution < -0.4 is 17.0 Å². The third kappa shape index (κ3) is 3.04. The van der Waals surface area contributed by atoms with Crippen molar-refractivity contribution in [3.63, 3.8) is 0 Å². The minimum Gasteiger partial charge on any atom is -1.00 e. The van der Waals surface area contributed by atoms with Crippen LogP contribution in [0.4, 0.5) is 0 Å². The normalized spacial score (nSPS) is 7.33. The molecular formula is C5H9Cl2NS. The summed E-state index contributed by atoms with van der Waals surface area (Å²) >= 11 is 1.77. The van der Waals surface area contributed by atoms with Gasteiger partial charge in [0.25, 0.3) is 0 Å². The van der Waals surface area contributed by atoms with Crippen LogP contribution in [0.3, 0.4) is 0 Å². The fourth-order valence-electron chi connectivity index (χ4n) is 0.408. The predicted octanol–water partition coefficient (Wildman–Crippen LogP) is -1.69. The standard InChI is InChI=1S/C5H8NS.2ClH/c1-5-6(2)3-4-7-5;;/h3-4H,1-2H3;2*1H/q+1;;/p-1. The average Bonchev–Trinajstić information content (AvgIpc) is 1.91. The number of hydrogen-bond donors (Lipinski definition) is 0. The first-order chi connectivity index (χ1) is 3.30. The number of rotatable bonds is 0. The highest BCUT2D eigenvalue weighted by atomic mass is 35.5. The molecule has 0 N–H and O–H groups in total. The van der Waals surface area contributed by atoms with Crippen molar-refractivity contribution in [1.82, 2.24) is 0 Å². The van der Waals surface area contributed by atoms with Crippen LogP contribution in [0.1, 0.15) is 5.01 Å². The van der Waals surface area contributed by atoms with Crippen LogP contribution in [0.5, 0.6) is 0 Å². The van der Waals surface area contributed by atoms with Crippen molar-refractivity contribution in [3.05, 3.63) is 16.6 Å². The Morgan fingerprint density at radius 3 is 2.22 bits per heavy atom. The van der Waals surface area contributed by atoms with Crippen molar-refractivity contribution in [2.45, 2.75) is 6.92 Å². The Morgan fingerprint density at radius 1 is 1.56 bits per heavy atom. The number of nitrogens with zero attached hydrogens (tertiary/aromatic N) is 1. The second-order valence-electron chi connectivity index (χ2n) is 1.53. The molecule has 0 bridgehead atoms. The van der Waals surface area contributed by atoms with E-state index in [4.69, 9.17) is 0 Å². The Bertz CT molecular complexity index is 147. The molecule has 0 aliphatic heterocycles. The lowest BCUT2D eigenvalue weighted by Crippen LogP contribution is -3.00. The monoisotopic (exact) mass is 185 g/mol. The van der Waals surface area contributed by atoms with Gasteiger partial charge in [-0.15, -0.1) is 12.4 Å². The van der Waals surface area contributed by atoms with E-state index < -0.39 is 0 Å². The van der Waals surface area contributed by atoms with Crippen molar-refractivity contribution >= 4 is 23.7 Å². The first-order valence-electron chi connectivity index (χ1n) is 2.20. The highest BCUT2D eigenvalue weighted by Crippen LogP contribution is 1.95. The van der Waals surface area contributed by atoms with Crippen molar-refractivity contribution < 1.29 is 17.0 Å². The minimum atomic E-state index is 0. The summed E-state index contributed by atoms with van der Waals surface area (Å²) in [5, 5.41) is 3.43. The van der Waals surface area contributed by atoms with Gasteiger partial charge in [0, 0.05) is 6.92 Å². The van der Waals surface area contributed by atoms with Crippen LogP contribution in [0.25, 0.3) is 0 Å². The summed E-state index contributed by atoms with van der Waals surface area (Å²) in [5.41, 5.74) is 0. The smallest absolute Gasteiger partial charge is 0.233 e. The molecule has 0 saturated heterocycles. The summed E-state index contributed by atoms with van der Waals surface area (Å²) in [6, 6.07) is 0. The van der Waals surface area contributed by atoms with Crippen molar-refractivity contribution in [3.8, 4) is 0 Å². The minimum absolute atomic E-state index is 0. The Labute approximate surface area is 71.5 Å². The number of thiazole rings is 1. The maximum absolute atomic E-state index is 2.10. The second kappa shape index (κ2) is 5.03. The molecule has 1 aromatic heterocycles. The molecule has 0 aromatic carbocycles. The molecule has 0 amide bonds. The van der Waals surface area contributed by atoms with E-state index >= 15 is 0 Å². The van der Waals surface area contributed by atoms with Gasteiger partial charge < -0.3 is 12.4 Å². The topological polar surface area (TPSA) is 3.88 Å². The molecule has 0 fully saturated rings. The Morgan fingerprint density at radius 2 is 2.11 bits per heavy atom. The average molecular weight is 186 g/mol. The van der Waals surface area contributed by atoms with Crippen LogP contribution >= 0.6 is 23.7 Å². The van der Waals surface area contributed by atoms with Gasteiger partial charge >= 0.3 is 0 Å². The highest BCUT2D eigenvalue weighted by molar-refractivity contribution is 7.09. The summed E-state index contributed by atoms with van der Waals surface area (Å²) in [6.07, 6.45) is 2.06. The van der Waals surface area contributed by atoms with Crippen molar-refractivity contribution in [1.29, 1.82) is 0 Å². The molecule has 4 heteroatoms. The summed E-state index contributed by atoms with van der Waals surface area (Å²) in [6.45, 7) is 2.10. The molecule has 0 spiro atoms. The number of hydrogen-bond acceptors (Lipinski definition) is 1. The summed E-state index contributed by atoms with van der Waals surface area (Å²) < 4.78 is 2.10. The molecular weight excluding hydrogens is 177 g/mol. The van der Waals surface area contributed by atoms with Gasteiger partial charge in [0.05, 0.1) is 5.38 Å². The zero-order valence-electron chi connectivity index (χ0n) is 5.30. The Hall–Kier alpha value is 0.210.